The molecule has 0 heterocycles. The number of nitrogens with one attached hydrogen (secondary N) is 1. The van der Waals surface area contributed by atoms with E-state index in [1.807, 2.05) is 0 Å². The predicted molar refractivity (Wildman–Crippen MR) is 55.1 cm³/mol. The van der Waals surface area contributed by atoms with Gasteiger partial charge >= 0.3 is 0 Å². The second kappa shape index (κ2) is 7.03. The molecule has 4 nitrogen and oxygen atoms in total. The minimum atomic E-state index is -0.746. The molecule has 0 aliphatic rings. The monoisotopic (exact) mass is 206 g/mol. The van der Waals surface area contributed by atoms with Crippen molar-refractivity contribution in [1.82, 2.24) is 10.2 Å². The van der Waals surface area contributed by atoms with Gasteiger partial charge < -0.3 is 10.2 Å². The lowest BCUT2D eigenvalue weighted by molar-refractivity contribution is -0.128. The normalized spacial score (nSPS) is 12.5. The quantitative estimate of drug-likeness (QED) is 0.592. The van der Waals surface area contributed by atoms with Gasteiger partial charge in [0, 0.05) is 56.4 Å². The molecule has 0 aromatic heterocycles. The smallest absolute Gasteiger partial charge is 0.223 e. The highest BCUT2D eigenvalue weighted by atomic mass is 32.2. The first-order chi connectivity index (χ1) is 6.04. The molecular formula is C8H18N2O2S. The van der Waals surface area contributed by atoms with Crippen molar-refractivity contribution in [2.45, 2.75) is 6.42 Å². The number of hydrogen-bond donors (Lipinski definition) is 1. The van der Waals surface area contributed by atoms with Crippen LogP contribution in [0.1, 0.15) is 6.42 Å². The van der Waals surface area contributed by atoms with E-state index in [0.717, 1.165) is 0 Å². The van der Waals surface area contributed by atoms with Crippen LogP contribution in [-0.4, -0.2) is 54.2 Å². The Kier molecular flexibility index (Phi) is 6.80. The molecule has 78 valence electrons. The highest BCUT2D eigenvalue weighted by Crippen LogP contribution is 1.84. The van der Waals surface area contributed by atoms with Gasteiger partial charge in [0.2, 0.25) is 5.91 Å². The summed E-state index contributed by atoms with van der Waals surface area (Å²) in [7, 11) is 2.73. The van der Waals surface area contributed by atoms with Crippen molar-refractivity contribution in [3.8, 4) is 0 Å². The van der Waals surface area contributed by atoms with Gasteiger partial charge in [-0.15, -0.1) is 0 Å². The van der Waals surface area contributed by atoms with Crippen molar-refractivity contribution >= 4 is 16.7 Å². The molecule has 1 N–H and O–H groups in total. The molecule has 0 aliphatic carbocycles. The Bertz CT molecular complexity index is 183. The number of amides is 1. The van der Waals surface area contributed by atoms with Crippen molar-refractivity contribution in [2.75, 3.05) is 39.2 Å². The zero-order chi connectivity index (χ0) is 10.3. The van der Waals surface area contributed by atoms with Crippen LogP contribution < -0.4 is 5.32 Å². The molecule has 0 radical (unpaired) electrons. The molecule has 0 fully saturated rings. The third-order valence-corrected chi connectivity index (χ3v) is 2.36. The van der Waals surface area contributed by atoms with Gasteiger partial charge in [0.05, 0.1) is 0 Å². The van der Waals surface area contributed by atoms with Crippen LogP contribution in [0.25, 0.3) is 0 Å². The molecule has 0 saturated heterocycles. The molecule has 1 amide bonds. The van der Waals surface area contributed by atoms with Crippen LogP contribution in [0.2, 0.25) is 0 Å². The summed E-state index contributed by atoms with van der Waals surface area (Å²) in [5.74, 6) is 0.765. The molecule has 0 aromatic rings. The van der Waals surface area contributed by atoms with E-state index in [0.29, 0.717) is 25.3 Å². The van der Waals surface area contributed by atoms with Crippen LogP contribution in [-0.2, 0) is 15.6 Å². The van der Waals surface area contributed by atoms with E-state index in [1.54, 1.807) is 25.3 Å². The zero-order valence-corrected chi connectivity index (χ0v) is 9.32. The topological polar surface area (TPSA) is 49.4 Å². The minimum absolute atomic E-state index is 0.116. The van der Waals surface area contributed by atoms with Crippen molar-refractivity contribution < 1.29 is 9.00 Å². The maximum Gasteiger partial charge on any atom is 0.223 e. The highest BCUT2D eigenvalue weighted by Gasteiger charge is 2.01. The second-order valence-corrected chi connectivity index (χ2v) is 4.62. The Balaban J connectivity index is 3.26. The summed E-state index contributed by atoms with van der Waals surface area (Å²) in [5.41, 5.74) is 0. The fourth-order valence-electron chi connectivity index (χ4n) is 0.760. The summed E-state index contributed by atoms with van der Waals surface area (Å²) >= 11 is 0. The average Bonchev–Trinajstić information content (AvgIpc) is 2.02. The maximum atomic E-state index is 11.1. The summed E-state index contributed by atoms with van der Waals surface area (Å²) in [6.07, 6.45) is 2.18. The van der Waals surface area contributed by atoms with E-state index in [2.05, 4.69) is 5.32 Å². The fraction of sp³-hybridized carbons (Fsp3) is 0.875. The Morgan fingerprint density at radius 2 is 2.00 bits per heavy atom. The molecule has 0 rings (SSSR count). The highest BCUT2D eigenvalue weighted by molar-refractivity contribution is 7.84. The summed E-state index contributed by atoms with van der Waals surface area (Å²) in [4.78, 5) is 12.6. The summed E-state index contributed by atoms with van der Waals surface area (Å²) in [5, 5.41) is 3.06. The van der Waals surface area contributed by atoms with E-state index in [4.69, 9.17) is 0 Å². The molecule has 1 atom stereocenters. The molecule has 13 heavy (non-hydrogen) atoms. The molecule has 0 spiro atoms. The van der Waals surface area contributed by atoms with Gasteiger partial charge in [-0.2, -0.15) is 0 Å². The van der Waals surface area contributed by atoms with Crippen LogP contribution in [0.4, 0.5) is 0 Å². The van der Waals surface area contributed by atoms with Gasteiger partial charge in [0.25, 0.3) is 0 Å². The van der Waals surface area contributed by atoms with Gasteiger partial charge in [-0.3, -0.25) is 9.00 Å². The first-order valence-electron chi connectivity index (χ1n) is 4.25. The molecule has 0 bridgehead atoms. The van der Waals surface area contributed by atoms with Crippen LogP contribution in [0.15, 0.2) is 0 Å². The molecule has 0 aromatic carbocycles. The van der Waals surface area contributed by atoms with Gasteiger partial charge in [-0.05, 0) is 0 Å². The summed E-state index contributed by atoms with van der Waals surface area (Å²) in [6.45, 7) is 1.37. The first-order valence-corrected chi connectivity index (χ1v) is 5.97. The predicted octanol–water partition coefficient (Wildman–Crippen LogP) is -0.567. The van der Waals surface area contributed by atoms with E-state index >= 15 is 0 Å². The second-order valence-electron chi connectivity index (χ2n) is 3.07. The summed E-state index contributed by atoms with van der Waals surface area (Å²) in [6, 6.07) is 0. The third kappa shape index (κ3) is 7.93. The standard InChI is InChI=1S/C8H18N2O2S/c1-10(2)8(11)4-5-9-6-7-13(3)12/h9H,4-7H2,1-3H3. The largest absolute Gasteiger partial charge is 0.349 e. The Hall–Kier alpha value is -0.420. The van der Waals surface area contributed by atoms with Crippen LogP contribution in [0, 0.1) is 0 Å². The van der Waals surface area contributed by atoms with Gasteiger partial charge in [-0.1, -0.05) is 0 Å². The minimum Gasteiger partial charge on any atom is -0.349 e. The SMILES string of the molecule is CN(C)C(=O)CCNCCS(C)=O. The molecule has 0 aliphatic heterocycles. The lowest BCUT2D eigenvalue weighted by atomic mass is 10.4. The van der Waals surface area contributed by atoms with Crippen LogP contribution in [0.3, 0.4) is 0 Å². The third-order valence-electron chi connectivity index (χ3n) is 1.58. The van der Waals surface area contributed by atoms with Gasteiger partial charge in [0.15, 0.2) is 0 Å². The summed E-state index contributed by atoms with van der Waals surface area (Å²) < 4.78 is 10.6. The lowest BCUT2D eigenvalue weighted by Gasteiger charge is -2.09. The Morgan fingerprint density at radius 3 is 2.46 bits per heavy atom. The lowest BCUT2D eigenvalue weighted by Crippen LogP contribution is -2.28. The number of carbonyl (C=O) groups excluding carboxylic acids is 1. The first kappa shape index (κ1) is 12.6. The number of nitrogens with zero attached hydrogens (tertiary/aromatic N) is 1. The fourth-order valence-corrected chi connectivity index (χ4v) is 1.19. The van der Waals surface area contributed by atoms with E-state index in [-0.39, 0.29) is 5.91 Å². The van der Waals surface area contributed by atoms with E-state index < -0.39 is 10.8 Å². The molecule has 5 heteroatoms. The van der Waals surface area contributed by atoms with E-state index in [9.17, 15) is 9.00 Å². The molecule has 0 saturated carbocycles. The Labute approximate surface area is 82.1 Å². The average molecular weight is 206 g/mol. The maximum absolute atomic E-state index is 11.1. The van der Waals surface area contributed by atoms with Gasteiger partial charge in [-0.25, -0.2) is 0 Å². The molecule has 1 unspecified atom stereocenters. The van der Waals surface area contributed by atoms with E-state index in [1.165, 1.54) is 0 Å². The Morgan fingerprint density at radius 1 is 1.38 bits per heavy atom. The van der Waals surface area contributed by atoms with Crippen molar-refractivity contribution in [2.24, 2.45) is 0 Å². The number of carbonyl (C=O) groups is 1. The van der Waals surface area contributed by atoms with Gasteiger partial charge in [0.1, 0.15) is 0 Å². The van der Waals surface area contributed by atoms with Crippen molar-refractivity contribution in [3.63, 3.8) is 0 Å². The van der Waals surface area contributed by atoms with Crippen molar-refractivity contribution in [1.29, 1.82) is 0 Å². The van der Waals surface area contributed by atoms with Crippen LogP contribution in [0.5, 0.6) is 0 Å². The number of rotatable bonds is 6. The zero-order valence-electron chi connectivity index (χ0n) is 8.50. The number of hydrogen-bond acceptors (Lipinski definition) is 3. The van der Waals surface area contributed by atoms with Crippen LogP contribution >= 0.6 is 0 Å². The molecular weight excluding hydrogens is 188 g/mol. The van der Waals surface area contributed by atoms with Crippen molar-refractivity contribution in [3.05, 3.63) is 0 Å².